The number of Topliss-reactive ketones (excluding diaryl/α,β-unsaturated/α-hetero) is 1. The fourth-order valence-corrected chi connectivity index (χ4v) is 5.48. The molecule has 8 heteroatoms. The molecule has 0 saturated carbocycles. The minimum atomic E-state index is -0.469. The van der Waals surface area contributed by atoms with Crippen LogP contribution in [0.4, 0.5) is 0 Å². The van der Waals surface area contributed by atoms with Gasteiger partial charge in [0.2, 0.25) is 5.91 Å². The normalized spacial score (nSPS) is 19.7. The molecule has 8 nitrogen and oxygen atoms in total. The van der Waals surface area contributed by atoms with Gasteiger partial charge in [0.05, 0.1) is 13.2 Å². The minimum absolute atomic E-state index is 0.109. The number of nitrogens with one attached hydrogen (secondary N) is 1. The van der Waals surface area contributed by atoms with Crippen LogP contribution in [0.15, 0.2) is 48.7 Å². The van der Waals surface area contributed by atoms with Gasteiger partial charge in [0.15, 0.2) is 0 Å². The maximum atomic E-state index is 13.0. The zero-order valence-corrected chi connectivity index (χ0v) is 22.7. The summed E-state index contributed by atoms with van der Waals surface area (Å²) in [5, 5.41) is 2.77. The molecule has 1 unspecified atom stereocenters. The van der Waals surface area contributed by atoms with Gasteiger partial charge in [-0.3, -0.25) is 19.3 Å². The predicted molar refractivity (Wildman–Crippen MR) is 148 cm³/mol. The number of fused-ring (bicyclic) bond motifs is 1. The molecule has 2 aromatic carbocycles. The Morgan fingerprint density at radius 2 is 1.92 bits per heavy atom. The van der Waals surface area contributed by atoms with E-state index in [4.69, 9.17) is 9.47 Å². The van der Waals surface area contributed by atoms with Gasteiger partial charge in [-0.1, -0.05) is 30.8 Å². The lowest BCUT2D eigenvalue weighted by Crippen LogP contribution is -2.49. The molecule has 0 aromatic heterocycles. The Balaban J connectivity index is 1.12. The van der Waals surface area contributed by atoms with Crippen LogP contribution < -0.4 is 10.1 Å². The Bertz CT molecular complexity index is 1270. The number of aryl methyl sites for hydroxylation is 2. The molecular weight excluding hydrogens is 494 g/mol. The number of amides is 2. The lowest BCUT2D eigenvalue weighted by atomic mass is 9.99. The van der Waals surface area contributed by atoms with Crippen molar-refractivity contribution in [2.75, 3.05) is 39.5 Å². The molecule has 2 saturated heterocycles. The first-order chi connectivity index (χ1) is 18.9. The number of nitrogens with zero attached hydrogens (tertiary/aromatic N) is 2. The molecule has 1 N–H and O–H groups in total. The van der Waals surface area contributed by atoms with E-state index in [2.05, 4.69) is 16.8 Å². The molecule has 0 radical (unpaired) electrons. The Kier molecular flexibility index (Phi) is 8.43. The maximum absolute atomic E-state index is 13.0. The molecule has 2 fully saturated rings. The molecule has 5 rings (SSSR count). The average Bonchev–Trinajstić information content (AvgIpc) is 3.25. The first-order valence-electron chi connectivity index (χ1n) is 13.8. The monoisotopic (exact) mass is 531 g/mol. The summed E-state index contributed by atoms with van der Waals surface area (Å²) in [5.41, 5.74) is 5.29. The molecule has 2 aromatic rings. The highest BCUT2D eigenvalue weighted by atomic mass is 16.5. The van der Waals surface area contributed by atoms with Crippen molar-refractivity contribution in [2.45, 2.75) is 51.6 Å². The van der Waals surface area contributed by atoms with Crippen LogP contribution in [-0.2, 0) is 33.7 Å². The van der Waals surface area contributed by atoms with Gasteiger partial charge in [-0.2, -0.15) is 0 Å². The van der Waals surface area contributed by atoms with Crippen molar-refractivity contribution in [1.29, 1.82) is 0 Å². The average molecular weight is 532 g/mol. The summed E-state index contributed by atoms with van der Waals surface area (Å²) in [6.45, 7) is 11.1. The molecule has 39 heavy (non-hydrogen) atoms. The van der Waals surface area contributed by atoms with Crippen molar-refractivity contribution < 1.29 is 23.9 Å². The van der Waals surface area contributed by atoms with Gasteiger partial charge in [0.25, 0.3) is 5.91 Å². The third kappa shape index (κ3) is 6.57. The molecule has 3 aliphatic heterocycles. The molecule has 206 valence electrons. The number of allylic oxidation sites excluding steroid dienone is 1. The minimum Gasteiger partial charge on any atom is -0.492 e. The fourth-order valence-electron chi connectivity index (χ4n) is 5.48. The van der Waals surface area contributed by atoms with Crippen LogP contribution in [0.5, 0.6) is 5.75 Å². The number of morpholine rings is 1. The van der Waals surface area contributed by atoms with Gasteiger partial charge in [0.1, 0.15) is 24.2 Å². The Morgan fingerprint density at radius 1 is 1.13 bits per heavy atom. The van der Waals surface area contributed by atoms with E-state index >= 15 is 0 Å². The highest BCUT2D eigenvalue weighted by Crippen LogP contribution is 2.29. The Hall–Kier alpha value is -3.49. The number of ketones is 1. The number of hydrogen-bond donors (Lipinski definition) is 1. The number of ether oxygens (including phenoxy) is 2. The van der Waals surface area contributed by atoms with Gasteiger partial charge in [0, 0.05) is 50.3 Å². The first-order valence-corrected chi connectivity index (χ1v) is 13.8. The van der Waals surface area contributed by atoms with Crippen LogP contribution in [0.3, 0.4) is 0 Å². The summed E-state index contributed by atoms with van der Waals surface area (Å²) in [6, 6.07) is 11.3. The van der Waals surface area contributed by atoms with Crippen LogP contribution in [0.1, 0.15) is 51.9 Å². The smallest absolute Gasteiger partial charge is 0.255 e. The van der Waals surface area contributed by atoms with E-state index in [-0.39, 0.29) is 17.6 Å². The second-order valence-corrected chi connectivity index (χ2v) is 10.7. The van der Waals surface area contributed by atoms with Crippen LogP contribution in [0, 0.1) is 6.92 Å². The predicted octanol–water partition coefficient (Wildman–Crippen LogP) is 3.20. The lowest BCUT2D eigenvalue weighted by molar-refractivity contribution is -0.126. The molecule has 0 bridgehead atoms. The third-order valence-corrected chi connectivity index (χ3v) is 7.82. The third-order valence-electron chi connectivity index (χ3n) is 7.82. The Morgan fingerprint density at radius 3 is 2.72 bits per heavy atom. The standard InChI is InChI=1S/C31H37N3O5/c1-21-3-5-24(19-29(21)39-16-13-33-11-14-38-15-12-33)18-26(35)8-6-23-7-9-27-25(17-23)20-34(31(27)37)28-10-4-22(2)32-30(28)36/h3,5,7,9,17,19,28H,2,4,6,8,10-16,18,20H2,1H3,(H,32,36). The highest BCUT2D eigenvalue weighted by molar-refractivity contribution is 6.01. The fraction of sp³-hybridized carbons (Fsp3) is 0.452. The lowest BCUT2D eigenvalue weighted by Gasteiger charge is -2.30. The van der Waals surface area contributed by atoms with Crippen molar-refractivity contribution in [1.82, 2.24) is 15.1 Å². The van der Waals surface area contributed by atoms with Gasteiger partial charge >= 0.3 is 0 Å². The molecule has 0 aliphatic carbocycles. The second kappa shape index (κ2) is 12.1. The van der Waals surface area contributed by atoms with Crippen molar-refractivity contribution >= 4 is 17.6 Å². The van der Waals surface area contributed by atoms with E-state index in [0.29, 0.717) is 56.5 Å². The number of rotatable bonds is 10. The van der Waals surface area contributed by atoms with Crippen molar-refractivity contribution in [3.8, 4) is 5.75 Å². The van der Waals surface area contributed by atoms with E-state index < -0.39 is 6.04 Å². The van der Waals surface area contributed by atoms with E-state index in [1.807, 2.05) is 43.3 Å². The van der Waals surface area contributed by atoms with Crippen LogP contribution in [0.2, 0.25) is 0 Å². The molecule has 1 atom stereocenters. The quantitative estimate of drug-likeness (QED) is 0.507. The number of carbonyl (C=O) groups is 3. The van der Waals surface area contributed by atoms with Gasteiger partial charge < -0.3 is 19.7 Å². The summed E-state index contributed by atoms with van der Waals surface area (Å²) in [4.78, 5) is 42.2. The first kappa shape index (κ1) is 27.1. The van der Waals surface area contributed by atoms with Crippen molar-refractivity contribution in [3.63, 3.8) is 0 Å². The van der Waals surface area contributed by atoms with Gasteiger partial charge in [-0.05, 0) is 60.6 Å². The van der Waals surface area contributed by atoms with Crippen molar-refractivity contribution in [3.05, 3.63) is 76.5 Å². The summed E-state index contributed by atoms with van der Waals surface area (Å²) < 4.78 is 11.4. The zero-order valence-electron chi connectivity index (χ0n) is 22.7. The van der Waals surface area contributed by atoms with E-state index in [1.54, 1.807) is 4.90 Å². The SMILES string of the molecule is C=C1CCC(N2Cc3cc(CCC(=O)Cc4ccc(C)c(OCCN5CCOCC5)c4)ccc3C2=O)C(=O)N1. The summed E-state index contributed by atoms with van der Waals surface area (Å²) in [7, 11) is 0. The van der Waals surface area contributed by atoms with E-state index in [9.17, 15) is 14.4 Å². The molecule has 2 amide bonds. The number of carbonyl (C=O) groups excluding carboxylic acids is 3. The van der Waals surface area contributed by atoms with Gasteiger partial charge in [-0.25, -0.2) is 0 Å². The van der Waals surface area contributed by atoms with Crippen LogP contribution >= 0.6 is 0 Å². The number of piperidine rings is 1. The van der Waals surface area contributed by atoms with Gasteiger partial charge in [-0.15, -0.1) is 0 Å². The highest BCUT2D eigenvalue weighted by Gasteiger charge is 2.38. The second-order valence-electron chi connectivity index (χ2n) is 10.7. The van der Waals surface area contributed by atoms with Crippen LogP contribution in [-0.4, -0.2) is 72.9 Å². The topological polar surface area (TPSA) is 88.2 Å². The number of benzene rings is 2. The Labute approximate surface area is 229 Å². The molecule has 3 heterocycles. The van der Waals surface area contributed by atoms with E-state index in [1.165, 1.54) is 0 Å². The molecule has 3 aliphatic rings. The van der Waals surface area contributed by atoms with Crippen molar-refractivity contribution in [2.24, 2.45) is 0 Å². The van der Waals surface area contributed by atoms with Crippen LogP contribution in [0.25, 0.3) is 0 Å². The maximum Gasteiger partial charge on any atom is 0.255 e. The summed E-state index contributed by atoms with van der Waals surface area (Å²) in [5.74, 6) is 0.718. The number of hydrogen-bond acceptors (Lipinski definition) is 6. The summed E-state index contributed by atoms with van der Waals surface area (Å²) in [6.07, 6.45) is 2.65. The largest absolute Gasteiger partial charge is 0.492 e. The summed E-state index contributed by atoms with van der Waals surface area (Å²) >= 11 is 0. The zero-order chi connectivity index (χ0) is 27.4. The molecule has 0 spiro atoms. The molecular formula is C31H37N3O5. The van der Waals surface area contributed by atoms with E-state index in [0.717, 1.165) is 60.9 Å².